The summed E-state index contributed by atoms with van der Waals surface area (Å²) in [5, 5.41) is 0. The van der Waals surface area contributed by atoms with E-state index < -0.39 is 11.9 Å². The van der Waals surface area contributed by atoms with E-state index in [0.717, 1.165) is 0 Å². The molecular formula is C15H10O3. The molecule has 0 N–H and O–H groups in total. The van der Waals surface area contributed by atoms with Gasteiger partial charge in [0.25, 0.3) is 0 Å². The summed E-state index contributed by atoms with van der Waals surface area (Å²) in [6, 6.07) is 15.8. The van der Waals surface area contributed by atoms with E-state index in [0.29, 0.717) is 16.9 Å². The fourth-order valence-electron chi connectivity index (χ4n) is 2.12. The molecule has 0 aliphatic carbocycles. The number of carbonyl (C=O) groups is 2. The molecule has 3 nitrogen and oxygen atoms in total. The van der Waals surface area contributed by atoms with Crippen LogP contribution in [0.4, 0.5) is 0 Å². The van der Waals surface area contributed by atoms with Crippen LogP contribution >= 0.6 is 0 Å². The van der Waals surface area contributed by atoms with Crippen LogP contribution in [0.3, 0.4) is 0 Å². The molecule has 3 rings (SSSR count). The van der Waals surface area contributed by atoms with Gasteiger partial charge >= 0.3 is 5.97 Å². The van der Waals surface area contributed by atoms with Gasteiger partial charge in [-0.2, -0.15) is 0 Å². The third kappa shape index (κ3) is 1.61. The molecular weight excluding hydrogens is 228 g/mol. The molecule has 2 aromatic carbocycles. The number of ether oxygens (including phenoxy) is 1. The zero-order chi connectivity index (χ0) is 12.5. The van der Waals surface area contributed by atoms with Gasteiger partial charge in [-0.15, -0.1) is 0 Å². The zero-order valence-corrected chi connectivity index (χ0v) is 9.50. The Balaban J connectivity index is 2.03. The highest BCUT2D eigenvalue weighted by Crippen LogP contribution is 2.36. The van der Waals surface area contributed by atoms with E-state index in [4.69, 9.17) is 4.74 Å². The first-order valence-electron chi connectivity index (χ1n) is 5.67. The fourth-order valence-corrected chi connectivity index (χ4v) is 2.12. The lowest BCUT2D eigenvalue weighted by Crippen LogP contribution is -2.20. The molecule has 1 unspecified atom stereocenters. The molecule has 3 heteroatoms. The standard InChI is InChI=1S/C15H10O3/c16-14(10-6-2-1-3-7-10)13-11-8-4-5-9-12(11)18-15(13)17/h1-9,13H. The number of esters is 1. The van der Waals surface area contributed by atoms with Crippen molar-refractivity contribution in [3.8, 4) is 5.75 Å². The Kier molecular flexibility index (Phi) is 2.45. The molecule has 0 bridgehead atoms. The average Bonchev–Trinajstić information content (AvgIpc) is 2.75. The first-order chi connectivity index (χ1) is 8.77. The second-order valence-electron chi connectivity index (χ2n) is 4.12. The van der Waals surface area contributed by atoms with Crippen LogP contribution in [0.5, 0.6) is 5.75 Å². The monoisotopic (exact) mass is 238 g/mol. The lowest BCUT2D eigenvalue weighted by Gasteiger charge is -2.05. The van der Waals surface area contributed by atoms with Crippen LogP contribution in [-0.4, -0.2) is 11.8 Å². The molecule has 0 amide bonds. The smallest absolute Gasteiger partial charge is 0.326 e. The molecule has 0 saturated heterocycles. The third-order valence-electron chi connectivity index (χ3n) is 3.00. The summed E-state index contributed by atoms with van der Waals surface area (Å²) in [4.78, 5) is 24.1. The van der Waals surface area contributed by atoms with Gasteiger partial charge < -0.3 is 4.74 Å². The van der Waals surface area contributed by atoms with Crippen LogP contribution in [-0.2, 0) is 4.79 Å². The molecule has 1 aliphatic heterocycles. The maximum Gasteiger partial charge on any atom is 0.326 e. The molecule has 0 radical (unpaired) electrons. The number of benzene rings is 2. The second-order valence-corrected chi connectivity index (χ2v) is 4.12. The van der Waals surface area contributed by atoms with Crippen LogP contribution in [0.25, 0.3) is 0 Å². The van der Waals surface area contributed by atoms with Gasteiger partial charge in [-0.05, 0) is 6.07 Å². The summed E-state index contributed by atoms with van der Waals surface area (Å²) in [7, 11) is 0. The first kappa shape index (κ1) is 10.7. The summed E-state index contributed by atoms with van der Waals surface area (Å²) in [5.41, 5.74) is 1.17. The van der Waals surface area contributed by atoms with Gasteiger partial charge in [0.15, 0.2) is 5.78 Å². The summed E-state index contributed by atoms with van der Waals surface area (Å²) in [6.07, 6.45) is 0. The third-order valence-corrected chi connectivity index (χ3v) is 3.00. The molecule has 1 heterocycles. The van der Waals surface area contributed by atoms with Gasteiger partial charge in [-0.3, -0.25) is 9.59 Å². The number of carbonyl (C=O) groups excluding carboxylic acids is 2. The van der Waals surface area contributed by atoms with Gasteiger partial charge in [0.05, 0.1) is 0 Å². The van der Waals surface area contributed by atoms with E-state index >= 15 is 0 Å². The number of fused-ring (bicyclic) bond motifs is 1. The number of rotatable bonds is 2. The molecule has 1 aliphatic rings. The van der Waals surface area contributed by atoms with Crippen molar-refractivity contribution in [1.29, 1.82) is 0 Å². The fraction of sp³-hybridized carbons (Fsp3) is 0.0667. The van der Waals surface area contributed by atoms with Gasteiger partial charge in [-0.25, -0.2) is 0 Å². The number of Topliss-reactive ketones (excluding diaryl/α,β-unsaturated/α-hetero) is 1. The quantitative estimate of drug-likeness (QED) is 0.349. The van der Waals surface area contributed by atoms with Gasteiger partial charge in [-0.1, -0.05) is 48.5 Å². The van der Waals surface area contributed by atoms with Crippen molar-refractivity contribution in [1.82, 2.24) is 0 Å². The van der Waals surface area contributed by atoms with Crippen LogP contribution < -0.4 is 4.74 Å². The minimum atomic E-state index is -0.830. The highest BCUT2D eigenvalue weighted by molar-refractivity contribution is 6.15. The van der Waals surface area contributed by atoms with Crippen molar-refractivity contribution in [3.63, 3.8) is 0 Å². The van der Waals surface area contributed by atoms with Crippen molar-refractivity contribution in [2.75, 3.05) is 0 Å². The van der Waals surface area contributed by atoms with E-state index in [-0.39, 0.29) is 5.78 Å². The van der Waals surface area contributed by atoms with Crippen molar-refractivity contribution in [3.05, 3.63) is 65.7 Å². The van der Waals surface area contributed by atoms with Crippen LogP contribution in [0.1, 0.15) is 21.8 Å². The summed E-state index contributed by atoms with van der Waals surface area (Å²) >= 11 is 0. The molecule has 0 aromatic heterocycles. The first-order valence-corrected chi connectivity index (χ1v) is 5.67. The highest BCUT2D eigenvalue weighted by atomic mass is 16.5. The Labute approximate surface area is 104 Å². The summed E-state index contributed by atoms with van der Waals surface area (Å²) in [6.45, 7) is 0. The molecule has 0 spiro atoms. The van der Waals surface area contributed by atoms with Gasteiger partial charge in [0, 0.05) is 11.1 Å². The molecule has 88 valence electrons. The zero-order valence-electron chi connectivity index (χ0n) is 9.50. The Morgan fingerprint density at radius 1 is 0.944 bits per heavy atom. The van der Waals surface area contributed by atoms with E-state index in [2.05, 4.69) is 0 Å². The number of hydrogen-bond donors (Lipinski definition) is 0. The largest absolute Gasteiger partial charge is 0.425 e. The maximum absolute atomic E-state index is 12.3. The minimum absolute atomic E-state index is 0.217. The number of hydrogen-bond acceptors (Lipinski definition) is 3. The maximum atomic E-state index is 12.3. The molecule has 0 fully saturated rings. The van der Waals surface area contributed by atoms with Crippen molar-refractivity contribution in [2.24, 2.45) is 0 Å². The Bertz CT molecular complexity index is 617. The molecule has 0 saturated carbocycles. The molecule has 1 atom stereocenters. The van der Waals surface area contributed by atoms with E-state index in [1.807, 2.05) is 6.07 Å². The van der Waals surface area contributed by atoms with E-state index in [1.54, 1.807) is 48.5 Å². The summed E-state index contributed by atoms with van der Waals surface area (Å²) in [5.74, 6) is -1.06. The van der Waals surface area contributed by atoms with Crippen molar-refractivity contribution < 1.29 is 14.3 Å². The predicted molar refractivity (Wildman–Crippen MR) is 65.6 cm³/mol. The SMILES string of the molecule is O=C1Oc2ccccc2C1C(=O)c1ccccc1. The van der Waals surface area contributed by atoms with Crippen LogP contribution in [0, 0.1) is 0 Å². The predicted octanol–water partition coefficient (Wildman–Crippen LogP) is 2.57. The number of para-hydroxylation sites is 1. The molecule has 2 aromatic rings. The Morgan fingerprint density at radius 3 is 2.39 bits per heavy atom. The van der Waals surface area contributed by atoms with Gasteiger partial charge in [0.2, 0.25) is 0 Å². The second kappa shape index (κ2) is 4.11. The normalized spacial score (nSPS) is 17.1. The lowest BCUT2D eigenvalue weighted by molar-refractivity contribution is -0.132. The average molecular weight is 238 g/mol. The van der Waals surface area contributed by atoms with E-state index in [1.165, 1.54) is 0 Å². The van der Waals surface area contributed by atoms with Gasteiger partial charge in [0.1, 0.15) is 11.7 Å². The molecule has 18 heavy (non-hydrogen) atoms. The number of ketones is 1. The van der Waals surface area contributed by atoms with Crippen LogP contribution in [0.2, 0.25) is 0 Å². The van der Waals surface area contributed by atoms with Crippen LogP contribution in [0.15, 0.2) is 54.6 Å². The van der Waals surface area contributed by atoms with E-state index in [9.17, 15) is 9.59 Å². The highest BCUT2D eigenvalue weighted by Gasteiger charge is 2.38. The Hall–Kier alpha value is -2.42. The van der Waals surface area contributed by atoms with Crippen molar-refractivity contribution in [2.45, 2.75) is 5.92 Å². The lowest BCUT2D eigenvalue weighted by atomic mass is 9.92. The summed E-state index contributed by atoms with van der Waals surface area (Å²) < 4.78 is 5.10. The Morgan fingerprint density at radius 2 is 1.61 bits per heavy atom. The van der Waals surface area contributed by atoms with Crippen molar-refractivity contribution >= 4 is 11.8 Å². The topological polar surface area (TPSA) is 43.4 Å². The minimum Gasteiger partial charge on any atom is -0.425 e.